The van der Waals surface area contributed by atoms with Crippen LogP contribution in [0.15, 0.2) is 22.7 Å². The van der Waals surface area contributed by atoms with Gasteiger partial charge < -0.3 is 5.32 Å². The first-order valence-corrected chi connectivity index (χ1v) is 7.28. The molecule has 0 aliphatic heterocycles. The zero-order valence-electron chi connectivity index (χ0n) is 11.4. The molecular weight excluding hydrogens is 308 g/mol. The second kappa shape index (κ2) is 5.12. The molecule has 1 aromatic carbocycles. The van der Waals surface area contributed by atoms with Gasteiger partial charge in [0.2, 0.25) is 0 Å². The summed E-state index contributed by atoms with van der Waals surface area (Å²) in [6.07, 6.45) is 2.33. The van der Waals surface area contributed by atoms with Gasteiger partial charge in [0.05, 0.1) is 4.92 Å². The molecule has 0 heterocycles. The van der Waals surface area contributed by atoms with Crippen molar-refractivity contribution in [3.05, 3.63) is 32.8 Å². The highest BCUT2D eigenvalue weighted by atomic mass is 79.9. The zero-order valence-corrected chi connectivity index (χ0v) is 13.0. The summed E-state index contributed by atoms with van der Waals surface area (Å²) in [5.41, 5.74) is 1.40. The molecule has 1 aliphatic carbocycles. The Kier molecular flexibility index (Phi) is 3.85. The van der Waals surface area contributed by atoms with Crippen molar-refractivity contribution < 1.29 is 4.92 Å². The third-order valence-corrected chi connectivity index (χ3v) is 4.49. The molecule has 0 bridgehead atoms. The monoisotopic (exact) mass is 326 g/mol. The number of non-ortho nitro benzene ring substituents is 1. The van der Waals surface area contributed by atoms with Crippen LogP contribution in [0.2, 0.25) is 0 Å². The van der Waals surface area contributed by atoms with E-state index in [0.717, 1.165) is 16.6 Å². The number of hydrogen-bond donors (Lipinski definition) is 1. The molecule has 0 radical (unpaired) electrons. The lowest BCUT2D eigenvalue weighted by atomic mass is 9.91. The van der Waals surface area contributed by atoms with Crippen molar-refractivity contribution in [3.63, 3.8) is 0 Å². The maximum atomic E-state index is 10.7. The van der Waals surface area contributed by atoms with E-state index in [1.54, 1.807) is 12.1 Å². The Labute approximate surface area is 121 Å². The molecule has 1 aliphatic rings. The SMILES string of the molecule is CC1CC(C)(C)CC1Nc1ccc([N+](=O)[O-])cc1Br. The summed E-state index contributed by atoms with van der Waals surface area (Å²) in [4.78, 5) is 10.3. The van der Waals surface area contributed by atoms with Crippen molar-refractivity contribution in [1.82, 2.24) is 0 Å². The number of nitrogens with zero attached hydrogens (tertiary/aromatic N) is 1. The Morgan fingerprint density at radius 3 is 2.58 bits per heavy atom. The summed E-state index contributed by atoms with van der Waals surface area (Å²) in [5.74, 6) is 0.608. The molecule has 1 aromatic rings. The van der Waals surface area contributed by atoms with Crippen molar-refractivity contribution in [2.75, 3.05) is 5.32 Å². The van der Waals surface area contributed by atoms with Gasteiger partial charge in [-0.1, -0.05) is 20.8 Å². The molecule has 0 aromatic heterocycles. The Bertz CT molecular complexity index is 502. The minimum atomic E-state index is -0.379. The lowest BCUT2D eigenvalue weighted by Crippen LogP contribution is -2.22. The van der Waals surface area contributed by atoms with Crippen LogP contribution in [0.3, 0.4) is 0 Å². The molecule has 4 nitrogen and oxygen atoms in total. The lowest BCUT2D eigenvalue weighted by Gasteiger charge is -2.20. The molecule has 2 unspecified atom stereocenters. The molecule has 19 heavy (non-hydrogen) atoms. The van der Waals surface area contributed by atoms with Gasteiger partial charge in [-0.2, -0.15) is 0 Å². The minimum absolute atomic E-state index is 0.109. The number of hydrogen-bond acceptors (Lipinski definition) is 3. The van der Waals surface area contributed by atoms with E-state index in [9.17, 15) is 10.1 Å². The Morgan fingerprint density at radius 1 is 1.42 bits per heavy atom. The number of benzene rings is 1. The molecule has 2 atom stereocenters. The van der Waals surface area contributed by atoms with E-state index < -0.39 is 0 Å². The van der Waals surface area contributed by atoms with Crippen LogP contribution >= 0.6 is 15.9 Å². The molecule has 2 rings (SSSR count). The molecule has 0 amide bonds. The predicted molar refractivity (Wildman–Crippen MR) is 80.4 cm³/mol. The summed E-state index contributed by atoms with van der Waals surface area (Å²) >= 11 is 3.40. The highest BCUT2D eigenvalue weighted by molar-refractivity contribution is 9.10. The summed E-state index contributed by atoms with van der Waals surface area (Å²) in [6.45, 7) is 6.83. The zero-order chi connectivity index (χ0) is 14.2. The molecule has 0 spiro atoms. The summed E-state index contributed by atoms with van der Waals surface area (Å²) in [7, 11) is 0. The van der Waals surface area contributed by atoms with Gasteiger partial charge in [-0.25, -0.2) is 0 Å². The van der Waals surface area contributed by atoms with Crippen LogP contribution in [0.1, 0.15) is 33.6 Å². The van der Waals surface area contributed by atoms with Crippen molar-refractivity contribution in [1.29, 1.82) is 0 Å². The average Bonchev–Trinajstić information content (AvgIpc) is 2.54. The number of nitro benzene ring substituents is 1. The molecular formula is C14H19BrN2O2. The van der Waals surface area contributed by atoms with Crippen LogP contribution in [0.25, 0.3) is 0 Å². The largest absolute Gasteiger partial charge is 0.381 e. The van der Waals surface area contributed by atoms with Gasteiger partial charge in [0.25, 0.3) is 5.69 Å². The van der Waals surface area contributed by atoms with Gasteiger partial charge in [-0.15, -0.1) is 0 Å². The maximum absolute atomic E-state index is 10.7. The average molecular weight is 327 g/mol. The first kappa shape index (κ1) is 14.3. The third-order valence-electron chi connectivity index (χ3n) is 3.84. The van der Waals surface area contributed by atoms with Crippen molar-refractivity contribution in [3.8, 4) is 0 Å². The number of rotatable bonds is 3. The van der Waals surface area contributed by atoms with Gasteiger partial charge in [-0.3, -0.25) is 10.1 Å². The Balaban J connectivity index is 2.14. The molecule has 1 saturated carbocycles. The van der Waals surface area contributed by atoms with E-state index in [2.05, 4.69) is 42.0 Å². The van der Waals surface area contributed by atoms with E-state index in [1.807, 2.05) is 0 Å². The van der Waals surface area contributed by atoms with E-state index in [-0.39, 0.29) is 10.6 Å². The second-order valence-electron chi connectivity index (χ2n) is 6.22. The van der Waals surface area contributed by atoms with Gasteiger partial charge in [-0.05, 0) is 46.2 Å². The fourth-order valence-corrected chi connectivity index (χ4v) is 3.50. The van der Waals surface area contributed by atoms with Gasteiger partial charge >= 0.3 is 0 Å². The number of nitrogens with one attached hydrogen (secondary N) is 1. The van der Waals surface area contributed by atoms with Gasteiger partial charge in [0, 0.05) is 28.3 Å². The molecule has 0 saturated heterocycles. The van der Waals surface area contributed by atoms with Gasteiger partial charge in [0.15, 0.2) is 0 Å². The topological polar surface area (TPSA) is 55.2 Å². The van der Waals surface area contributed by atoms with E-state index >= 15 is 0 Å². The second-order valence-corrected chi connectivity index (χ2v) is 7.08. The summed E-state index contributed by atoms with van der Waals surface area (Å²) < 4.78 is 0.749. The highest BCUT2D eigenvalue weighted by Crippen LogP contribution is 2.42. The smallest absolute Gasteiger partial charge is 0.270 e. The van der Waals surface area contributed by atoms with Crippen LogP contribution in [0.5, 0.6) is 0 Å². The van der Waals surface area contributed by atoms with Crippen LogP contribution in [0, 0.1) is 21.4 Å². The Hall–Kier alpha value is -1.10. The first-order valence-electron chi connectivity index (χ1n) is 6.49. The third kappa shape index (κ3) is 3.26. The summed E-state index contributed by atoms with van der Waals surface area (Å²) in [6, 6.07) is 5.29. The van der Waals surface area contributed by atoms with Crippen LogP contribution < -0.4 is 5.32 Å². The lowest BCUT2D eigenvalue weighted by molar-refractivity contribution is -0.384. The van der Waals surface area contributed by atoms with E-state index in [1.165, 1.54) is 12.5 Å². The fraction of sp³-hybridized carbons (Fsp3) is 0.571. The number of halogens is 1. The van der Waals surface area contributed by atoms with Crippen molar-refractivity contribution in [2.24, 2.45) is 11.3 Å². The highest BCUT2D eigenvalue weighted by Gasteiger charge is 2.36. The number of anilines is 1. The molecule has 1 fully saturated rings. The molecule has 1 N–H and O–H groups in total. The van der Waals surface area contributed by atoms with Crippen LogP contribution in [0.4, 0.5) is 11.4 Å². The fourth-order valence-electron chi connectivity index (χ4n) is 3.02. The maximum Gasteiger partial charge on any atom is 0.270 e. The van der Waals surface area contributed by atoms with E-state index in [4.69, 9.17) is 0 Å². The quantitative estimate of drug-likeness (QED) is 0.652. The van der Waals surface area contributed by atoms with E-state index in [0.29, 0.717) is 17.4 Å². The van der Waals surface area contributed by atoms with Crippen molar-refractivity contribution >= 4 is 27.3 Å². The minimum Gasteiger partial charge on any atom is -0.381 e. The van der Waals surface area contributed by atoms with Crippen molar-refractivity contribution in [2.45, 2.75) is 39.7 Å². The Morgan fingerprint density at radius 2 is 2.11 bits per heavy atom. The molecule has 5 heteroatoms. The van der Waals surface area contributed by atoms with Gasteiger partial charge in [0.1, 0.15) is 0 Å². The predicted octanol–water partition coefficient (Wildman–Crippen LogP) is 4.59. The first-order chi connectivity index (χ1) is 8.78. The number of nitro groups is 1. The normalized spacial score (nSPS) is 25.3. The van der Waals surface area contributed by atoms with Crippen LogP contribution in [-0.2, 0) is 0 Å². The summed E-state index contributed by atoms with van der Waals surface area (Å²) in [5, 5.41) is 14.2. The van der Waals surface area contributed by atoms with Crippen LogP contribution in [-0.4, -0.2) is 11.0 Å². The molecule has 104 valence electrons. The standard InChI is InChI=1S/C14H19BrN2O2/c1-9-7-14(2,3)8-13(9)16-12-5-4-10(17(18)19)6-11(12)15/h4-6,9,13,16H,7-8H2,1-3H3.